The molecule has 0 aliphatic heterocycles. The van der Waals surface area contributed by atoms with E-state index in [-0.39, 0.29) is 7.92 Å². The van der Waals surface area contributed by atoms with Gasteiger partial charge in [0.1, 0.15) is 0 Å². The predicted molar refractivity (Wildman–Crippen MR) is 116 cm³/mol. The summed E-state index contributed by atoms with van der Waals surface area (Å²) in [5.74, 6) is 0. The van der Waals surface area contributed by atoms with E-state index in [4.69, 9.17) is 0 Å². The second-order valence-electron chi connectivity index (χ2n) is 6.96. The Kier molecular flexibility index (Phi) is 9.27. The molecule has 1 atom stereocenters. The van der Waals surface area contributed by atoms with Gasteiger partial charge in [0, 0.05) is 0 Å². The van der Waals surface area contributed by atoms with Gasteiger partial charge < -0.3 is 0 Å². The van der Waals surface area contributed by atoms with Gasteiger partial charge in [0.25, 0.3) is 0 Å². The monoisotopic (exact) mass is 354 g/mol. The molecule has 0 bridgehead atoms. The first kappa shape index (κ1) is 20.2. The van der Waals surface area contributed by atoms with E-state index in [0.29, 0.717) is 0 Å². The molecular formula is C24H35P. The molecule has 136 valence electrons. The largest absolute Gasteiger partial charge is 0.0654 e. The lowest BCUT2D eigenvalue weighted by Crippen LogP contribution is -2.20. The van der Waals surface area contributed by atoms with Gasteiger partial charge in [0.2, 0.25) is 0 Å². The maximum Gasteiger partial charge on any atom is -0.0161 e. The summed E-state index contributed by atoms with van der Waals surface area (Å²) in [6, 6.07) is 18.4. The fraction of sp³-hybridized carbons (Fsp3) is 0.500. The Morgan fingerprint density at radius 1 is 0.680 bits per heavy atom. The second-order valence-corrected chi connectivity index (χ2v) is 9.26. The van der Waals surface area contributed by atoms with Crippen molar-refractivity contribution in [3.63, 3.8) is 0 Å². The van der Waals surface area contributed by atoms with Gasteiger partial charge in [-0.15, -0.1) is 0 Å². The highest BCUT2D eigenvalue weighted by atomic mass is 31.1. The van der Waals surface area contributed by atoms with E-state index in [0.717, 1.165) is 0 Å². The van der Waals surface area contributed by atoms with Crippen LogP contribution in [0.2, 0.25) is 0 Å². The van der Waals surface area contributed by atoms with Crippen molar-refractivity contribution in [1.29, 1.82) is 0 Å². The molecule has 0 radical (unpaired) electrons. The third-order valence-corrected chi connectivity index (χ3v) is 7.61. The van der Waals surface area contributed by atoms with Crippen LogP contribution >= 0.6 is 7.92 Å². The topological polar surface area (TPSA) is 0 Å². The minimum atomic E-state index is -0.225. The molecule has 0 aromatic heterocycles. The summed E-state index contributed by atoms with van der Waals surface area (Å²) < 4.78 is 0. The van der Waals surface area contributed by atoms with Crippen molar-refractivity contribution in [3.8, 4) is 0 Å². The maximum atomic E-state index is 2.44. The van der Waals surface area contributed by atoms with Crippen LogP contribution in [0.5, 0.6) is 0 Å². The Hall–Kier alpha value is -1.13. The molecule has 0 heterocycles. The van der Waals surface area contributed by atoms with E-state index in [1.54, 1.807) is 21.7 Å². The van der Waals surface area contributed by atoms with Crippen LogP contribution in [0.25, 0.3) is 0 Å². The Balaban J connectivity index is 2.43. The van der Waals surface area contributed by atoms with E-state index < -0.39 is 0 Å². The van der Waals surface area contributed by atoms with Gasteiger partial charge >= 0.3 is 0 Å². The molecule has 0 aliphatic carbocycles. The first-order valence-corrected chi connectivity index (χ1v) is 11.8. The van der Waals surface area contributed by atoms with E-state index in [2.05, 4.69) is 69.3 Å². The van der Waals surface area contributed by atoms with Crippen molar-refractivity contribution >= 4 is 18.5 Å². The zero-order valence-electron chi connectivity index (χ0n) is 16.4. The van der Waals surface area contributed by atoms with Crippen LogP contribution in [0.3, 0.4) is 0 Å². The van der Waals surface area contributed by atoms with Gasteiger partial charge in [-0.3, -0.25) is 0 Å². The van der Waals surface area contributed by atoms with Crippen molar-refractivity contribution in [2.24, 2.45) is 0 Å². The lowest BCUT2D eigenvalue weighted by atomic mass is 9.98. The maximum absolute atomic E-state index is 2.44. The molecule has 0 nitrogen and oxygen atoms in total. The fourth-order valence-corrected chi connectivity index (χ4v) is 6.22. The molecule has 0 saturated heterocycles. The third-order valence-electron chi connectivity index (χ3n) is 4.92. The Morgan fingerprint density at radius 2 is 1.36 bits per heavy atom. The molecule has 0 aliphatic rings. The van der Waals surface area contributed by atoms with Crippen LogP contribution < -0.4 is 10.6 Å². The van der Waals surface area contributed by atoms with Gasteiger partial charge in [-0.25, -0.2) is 0 Å². The zero-order valence-corrected chi connectivity index (χ0v) is 17.3. The van der Waals surface area contributed by atoms with E-state index in [1.165, 1.54) is 57.5 Å². The van der Waals surface area contributed by atoms with Crippen LogP contribution in [-0.2, 0) is 12.8 Å². The first-order chi connectivity index (χ1) is 12.3. The molecule has 0 spiro atoms. The minimum Gasteiger partial charge on any atom is -0.0654 e. The van der Waals surface area contributed by atoms with Crippen molar-refractivity contribution < 1.29 is 0 Å². The summed E-state index contributed by atoms with van der Waals surface area (Å²) in [7, 11) is -0.225. The van der Waals surface area contributed by atoms with Crippen molar-refractivity contribution in [3.05, 3.63) is 59.7 Å². The normalized spacial score (nSPS) is 12.3. The van der Waals surface area contributed by atoms with Gasteiger partial charge in [0.05, 0.1) is 0 Å². The minimum absolute atomic E-state index is 0.225. The van der Waals surface area contributed by atoms with Crippen molar-refractivity contribution in [2.45, 2.75) is 72.1 Å². The summed E-state index contributed by atoms with van der Waals surface area (Å²) in [6.07, 6.45) is 11.6. The molecule has 1 heteroatoms. The van der Waals surface area contributed by atoms with Crippen molar-refractivity contribution in [1.82, 2.24) is 0 Å². The first-order valence-electron chi connectivity index (χ1n) is 10.2. The summed E-state index contributed by atoms with van der Waals surface area (Å²) in [5, 5.41) is 3.22. The average molecular weight is 355 g/mol. The second kappa shape index (κ2) is 11.5. The van der Waals surface area contributed by atoms with Gasteiger partial charge in [-0.2, -0.15) is 0 Å². The van der Waals surface area contributed by atoms with Crippen molar-refractivity contribution in [2.75, 3.05) is 6.16 Å². The van der Waals surface area contributed by atoms with Gasteiger partial charge in [-0.05, 0) is 67.9 Å². The molecule has 0 fully saturated rings. The number of unbranched alkanes of at least 4 members (excludes halogenated alkanes) is 3. The molecule has 1 unspecified atom stereocenters. The van der Waals surface area contributed by atoms with Gasteiger partial charge in [-0.1, -0.05) is 88.6 Å². The van der Waals surface area contributed by atoms with Crippen LogP contribution in [0.15, 0.2) is 48.5 Å². The highest BCUT2D eigenvalue weighted by Crippen LogP contribution is 2.37. The number of benzene rings is 2. The number of aryl methyl sites for hydroxylation is 1. The Morgan fingerprint density at radius 3 is 2.04 bits per heavy atom. The molecular weight excluding hydrogens is 319 g/mol. The Labute approximate surface area is 156 Å². The average Bonchev–Trinajstić information content (AvgIpc) is 2.66. The summed E-state index contributed by atoms with van der Waals surface area (Å²) in [6.45, 7) is 6.92. The van der Waals surface area contributed by atoms with Crippen LogP contribution in [0.4, 0.5) is 0 Å². The highest BCUT2D eigenvalue weighted by Gasteiger charge is 2.18. The quantitative estimate of drug-likeness (QED) is 0.399. The molecule has 0 N–H and O–H groups in total. The smallest absolute Gasteiger partial charge is 0.0161 e. The number of hydrogen-bond acceptors (Lipinski definition) is 0. The lowest BCUT2D eigenvalue weighted by Gasteiger charge is -2.24. The van der Waals surface area contributed by atoms with E-state index in [9.17, 15) is 0 Å². The van der Waals surface area contributed by atoms with E-state index in [1.807, 2.05) is 0 Å². The van der Waals surface area contributed by atoms with Gasteiger partial charge in [0.15, 0.2) is 0 Å². The highest BCUT2D eigenvalue weighted by molar-refractivity contribution is 7.73. The Bertz CT molecular complexity index is 603. The van der Waals surface area contributed by atoms with Crippen LogP contribution in [0, 0.1) is 0 Å². The molecule has 2 aromatic carbocycles. The summed E-state index contributed by atoms with van der Waals surface area (Å²) in [5.41, 5.74) is 3.30. The lowest BCUT2D eigenvalue weighted by molar-refractivity contribution is 0.760. The molecule has 2 rings (SSSR count). The third kappa shape index (κ3) is 5.96. The molecule has 25 heavy (non-hydrogen) atoms. The van der Waals surface area contributed by atoms with Crippen LogP contribution in [0.1, 0.15) is 70.4 Å². The summed E-state index contributed by atoms with van der Waals surface area (Å²) >= 11 is 0. The van der Waals surface area contributed by atoms with E-state index >= 15 is 0 Å². The number of hydrogen-bond donors (Lipinski definition) is 0. The predicted octanol–water partition coefficient (Wildman–Crippen LogP) is 6.60. The molecule has 0 saturated carbocycles. The molecule has 2 aromatic rings. The molecule has 0 amide bonds. The summed E-state index contributed by atoms with van der Waals surface area (Å²) in [4.78, 5) is 0. The number of rotatable bonds is 11. The fourth-order valence-electron chi connectivity index (χ4n) is 3.43. The zero-order chi connectivity index (χ0) is 17.9. The van der Waals surface area contributed by atoms with Crippen LogP contribution in [-0.4, -0.2) is 6.16 Å². The standard InChI is InChI=1S/C24H35P/c1-4-7-14-21-15-13-19-24(23(21)18-8-5-2)25(20-9-6-3)22-16-11-10-12-17-22/h10-13,15-17,19H,4-9,14,18,20H2,1-3H3. The SMILES string of the molecule is CCCCc1cccc(P(CCCC)c2ccccc2)c1CCCC.